The summed E-state index contributed by atoms with van der Waals surface area (Å²) in [4.78, 5) is 14.2. The zero-order chi connectivity index (χ0) is 14.1. The van der Waals surface area contributed by atoms with E-state index in [0.717, 1.165) is 37.2 Å². The van der Waals surface area contributed by atoms with E-state index in [4.69, 9.17) is 0 Å². The maximum atomic E-state index is 12.1. The second kappa shape index (κ2) is 5.54. The van der Waals surface area contributed by atoms with Crippen molar-refractivity contribution in [3.8, 4) is 0 Å². The molecule has 0 aromatic heterocycles. The Bertz CT molecular complexity index is 503. The number of likely N-dealkylation sites (tertiary alicyclic amines) is 1. The van der Waals surface area contributed by atoms with Crippen LogP contribution in [0.2, 0.25) is 0 Å². The second-order valence-electron chi connectivity index (χ2n) is 6.18. The number of aliphatic hydroxyl groups excluding tert-OH is 1. The second-order valence-corrected chi connectivity index (χ2v) is 6.18. The SMILES string of the molecule is Cc1cccc(NC(=O)CN2CC3CCC(O)C3C2)c1. The number of carbonyl (C=O) groups is 1. The van der Waals surface area contributed by atoms with Gasteiger partial charge in [0.2, 0.25) is 5.91 Å². The highest BCUT2D eigenvalue weighted by atomic mass is 16.3. The molecule has 3 atom stereocenters. The molecular formula is C16H22N2O2. The van der Waals surface area contributed by atoms with E-state index >= 15 is 0 Å². The molecule has 108 valence electrons. The number of nitrogens with one attached hydrogen (secondary N) is 1. The number of amides is 1. The molecule has 4 heteroatoms. The average molecular weight is 274 g/mol. The number of anilines is 1. The van der Waals surface area contributed by atoms with E-state index in [2.05, 4.69) is 10.2 Å². The normalized spacial score (nSPS) is 29.4. The van der Waals surface area contributed by atoms with Crippen LogP contribution in [0.4, 0.5) is 5.69 Å². The zero-order valence-electron chi connectivity index (χ0n) is 11.9. The number of aryl methyl sites for hydroxylation is 1. The van der Waals surface area contributed by atoms with E-state index < -0.39 is 0 Å². The molecule has 3 unspecified atom stereocenters. The van der Waals surface area contributed by atoms with Gasteiger partial charge < -0.3 is 10.4 Å². The largest absolute Gasteiger partial charge is 0.393 e. The van der Waals surface area contributed by atoms with Gasteiger partial charge in [-0.25, -0.2) is 0 Å². The molecule has 20 heavy (non-hydrogen) atoms. The van der Waals surface area contributed by atoms with Crippen molar-refractivity contribution >= 4 is 11.6 Å². The average Bonchev–Trinajstić information content (AvgIpc) is 2.92. The minimum atomic E-state index is -0.162. The number of rotatable bonds is 3. The summed E-state index contributed by atoms with van der Waals surface area (Å²) < 4.78 is 0. The molecule has 1 heterocycles. The highest BCUT2D eigenvalue weighted by Crippen LogP contribution is 2.37. The lowest BCUT2D eigenvalue weighted by molar-refractivity contribution is -0.117. The maximum Gasteiger partial charge on any atom is 0.238 e. The van der Waals surface area contributed by atoms with Crippen LogP contribution in [-0.4, -0.2) is 41.7 Å². The fourth-order valence-corrected chi connectivity index (χ4v) is 3.58. The van der Waals surface area contributed by atoms with Crippen molar-refractivity contribution in [2.45, 2.75) is 25.9 Å². The molecule has 2 N–H and O–H groups in total. The van der Waals surface area contributed by atoms with Crippen molar-refractivity contribution in [1.29, 1.82) is 0 Å². The van der Waals surface area contributed by atoms with Crippen LogP contribution in [0.15, 0.2) is 24.3 Å². The Kier molecular flexibility index (Phi) is 3.76. The van der Waals surface area contributed by atoms with Crippen LogP contribution in [0.25, 0.3) is 0 Å². The number of aliphatic hydroxyl groups is 1. The number of benzene rings is 1. The summed E-state index contributed by atoms with van der Waals surface area (Å²) in [6, 6.07) is 7.84. The molecule has 0 bridgehead atoms. The molecule has 1 saturated carbocycles. The third-order valence-corrected chi connectivity index (χ3v) is 4.56. The highest BCUT2D eigenvalue weighted by Gasteiger charge is 2.41. The first-order valence-electron chi connectivity index (χ1n) is 7.39. The topological polar surface area (TPSA) is 52.6 Å². The first-order valence-corrected chi connectivity index (χ1v) is 7.39. The summed E-state index contributed by atoms with van der Waals surface area (Å²) in [5, 5.41) is 12.8. The molecule has 1 aromatic rings. The quantitative estimate of drug-likeness (QED) is 0.881. The lowest BCUT2D eigenvalue weighted by atomic mass is 10.00. The Morgan fingerprint density at radius 1 is 1.40 bits per heavy atom. The fourth-order valence-electron chi connectivity index (χ4n) is 3.58. The Hall–Kier alpha value is -1.39. The van der Waals surface area contributed by atoms with Crippen LogP contribution in [0.3, 0.4) is 0 Å². The minimum Gasteiger partial charge on any atom is -0.393 e. The van der Waals surface area contributed by atoms with Gasteiger partial charge in [-0.2, -0.15) is 0 Å². The van der Waals surface area contributed by atoms with Gasteiger partial charge >= 0.3 is 0 Å². The van der Waals surface area contributed by atoms with Crippen LogP contribution < -0.4 is 5.32 Å². The summed E-state index contributed by atoms with van der Waals surface area (Å²) >= 11 is 0. The molecule has 2 fully saturated rings. The van der Waals surface area contributed by atoms with Gasteiger partial charge in [0, 0.05) is 24.7 Å². The third kappa shape index (κ3) is 2.86. The number of carbonyl (C=O) groups excluding carboxylic acids is 1. The van der Waals surface area contributed by atoms with E-state index in [0.29, 0.717) is 18.4 Å². The van der Waals surface area contributed by atoms with E-state index in [1.54, 1.807) is 0 Å². The van der Waals surface area contributed by atoms with Crippen molar-refractivity contribution in [1.82, 2.24) is 4.90 Å². The molecule has 1 aliphatic carbocycles. The van der Waals surface area contributed by atoms with Gasteiger partial charge in [0.15, 0.2) is 0 Å². The number of hydrogen-bond acceptors (Lipinski definition) is 3. The van der Waals surface area contributed by atoms with Gasteiger partial charge in [-0.3, -0.25) is 9.69 Å². The van der Waals surface area contributed by atoms with Gasteiger partial charge in [-0.1, -0.05) is 12.1 Å². The van der Waals surface area contributed by atoms with Crippen LogP contribution in [-0.2, 0) is 4.79 Å². The summed E-state index contributed by atoms with van der Waals surface area (Å²) in [5.41, 5.74) is 2.00. The first kappa shape index (κ1) is 13.6. The van der Waals surface area contributed by atoms with Crippen molar-refractivity contribution in [3.63, 3.8) is 0 Å². The van der Waals surface area contributed by atoms with Crippen LogP contribution >= 0.6 is 0 Å². The number of hydrogen-bond donors (Lipinski definition) is 2. The number of nitrogens with zero attached hydrogens (tertiary/aromatic N) is 1. The molecule has 0 radical (unpaired) electrons. The van der Waals surface area contributed by atoms with Gasteiger partial charge in [0.1, 0.15) is 0 Å². The van der Waals surface area contributed by atoms with Gasteiger partial charge in [-0.15, -0.1) is 0 Å². The molecule has 1 aliphatic heterocycles. The molecule has 1 amide bonds. The predicted molar refractivity (Wildman–Crippen MR) is 78.5 cm³/mol. The molecule has 1 saturated heterocycles. The van der Waals surface area contributed by atoms with Crippen molar-refractivity contribution < 1.29 is 9.90 Å². The molecule has 2 aliphatic rings. The van der Waals surface area contributed by atoms with Crippen LogP contribution in [0.5, 0.6) is 0 Å². The van der Waals surface area contributed by atoms with Crippen molar-refractivity contribution in [3.05, 3.63) is 29.8 Å². The molecular weight excluding hydrogens is 252 g/mol. The summed E-state index contributed by atoms with van der Waals surface area (Å²) in [5.74, 6) is 0.989. The Balaban J connectivity index is 1.53. The smallest absolute Gasteiger partial charge is 0.238 e. The van der Waals surface area contributed by atoms with E-state index in [1.807, 2.05) is 31.2 Å². The van der Waals surface area contributed by atoms with Gasteiger partial charge in [0.25, 0.3) is 0 Å². The van der Waals surface area contributed by atoms with Crippen LogP contribution in [0.1, 0.15) is 18.4 Å². The predicted octanol–water partition coefficient (Wildman–Crippen LogP) is 1.64. The van der Waals surface area contributed by atoms with Gasteiger partial charge in [0.05, 0.1) is 12.6 Å². The van der Waals surface area contributed by atoms with Crippen molar-refractivity contribution in [2.24, 2.45) is 11.8 Å². The van der Waals surface area contributed by atoms with E-state index in [9.17, 15) is 9.90 Å². The summed E-state index contributed by atoms with van der Waals surface area (Å²) in [6.45, 7) is 4.24. The zero-order valence-corrected chi connectivity index (χ0v) is 11.9. The molecule has 0 spiro atoms. The summed E-state index contributed by atoms with van der Waals surface area (Å²) in [6.07, 6.45) is 1.87. The van der Waals surface area contributed by atoms with E-state index in [1.165, 1.54) is 0 Å². The van der Waals surface area contributed by atoms with Crippen LogP contribution in [0, 0.1) is 18.8 Å². The molecule has 4 nitrogen and oxygen atoms in total. The van der Waals surface area contributed by atoms with Gasteiger partial charge in [-0.05, 0) is 43.4 Å². The third-order valence-electron chi connectivity index (χ3n) is 4.56. The Morgan fingerprint density at radius 3 is 3.00 bits per heavy atom. The lowest BCUT2D eigenvalue weighted by Gasteiger charge is -2.17. The monoisotopic (exact) mass is 274 g/mol. The minimum absolute atomic E-state index is 0.0325. The fraction of sp³-hybridized carbons (Fsp3) is 0.562. The standard InChI is InChI=1S/C16H22N2O2/c1-11-3-2-4-13(7-11)17-16(20)10-18-8-12-5-6-15(19)14(12)9-18/h2-4,7,12,14-15,19H,5-6,8-10H2,1H3,(H,17,20). The maximum absolute atomic E-state index is 12.1. The molecule has 3 rings (SSSR count). The van der Waals surface area contributed by atoms with E-state index in [-0.39, 0.29) is 12.0 Å². The summed E-state index contributed by atoms with van der Waals surface area (Å²) in [7, 11) is 0. The highest BCUT2D eigenvalue weighted by molar-refractivity contribution is 5.92. The van der Waals surface area contributed by atoms with Crippen molar-refractivity contribution in [2.75, 3.05) is 25.0 Å². The molecule has 1 aromatic carbocycles. The lowest BCUT2D eigenvalue weighted by Crippen LogP contribution is -2.33. The first-order chi connectivity index (χ1) is 9.61. The Labute approximate surface area is 119 Å². The number of fused-ring (bicyclic) bond motifs is 1. The Morgan fingerprint density at radius 2 is 2.25 bits per heavy atom.